The van der Waals surface area contributed by atoms with Gasteiger partial charge in [0.1, 0.15) is 23.6 Å². The number of esters is 1. The molecule has 2 atom stereocenters. The molecule has 3 heterocycles. The molecule has 1 aromatic carbocycles. The number of carbonyl (C=O) groups excluding carboxylic acids is 4. The summed E-state index contributed by atoms with van der Waals surface area (Å²) in [6, 6.07) is 3.16. The lowest BCUT2D eigenvalue weighted by molar-refractivity contribution is -0.155. The Morgan fingerprint density at radius 1 is 1.08 bits per heavy atom. The van der Waals surface area contributed by atoms with E-state index in [0.717, 1.165) is 11.3 Å². The fourth-order valence-electron chi connectivity index (χ4n) is 5.26. The Balaban J connectivity index is 1.48. The van der Waals surface area contributed by atoms with Crippen molar-refractivity contribution in [2.75, 3.05) is 31.1 Å². The smallest absolute Gasteiger partial charge is 0.410 e. The molecule has 1 fully saturated rings. The molecule has 0 aliphatic carbocycles. The van der Waals surface area contributed by atoms with Crippen molar-refractivity contribution in [3.05, 3.63) is 23.3 Å². The Labute approximate surface area is 229 Å². The molecule has 11 nitrogen and oxygen atoms in total. The molecule has 0 spiro atoms. The van der Waals surface area contributed by atoms with E-state index in [9.17, 15) is 19.2 Å². The Kier molecular flexibility index (Phi) is 7.73. The Morgan fingerprint density at radius 3 is 2.41 bits per heavy atom. The quantitative estimate of drug-likeness (QED) is 0.541. The number of anilines is 1. The number of benzene rings is 1. The number of nitrogens with two attached hydrogens (primary N) is 1. The molecular weight excluding hydrogens is 504 g/mol. The van der Waals surface area contributed by atoms with Gasteiger partial charge in [-0.25, -0.2) is 4.79 Å². The Hall–Kier alpha value is -3.50. The molecule has 3 aliphatic rings. The summed E-state index contributed by atoms with van der Waals surface area (Å²) < 4.78 is 17.0. The maximum atomic E-state index is 13.4. The van der Waals surface area contributed by atoms with Crippen LogP contribution in [-0.4, -0.2) is 83.2 Å². The first kappa shape index (κ1) is 28.5. The number of primary amides is 1. The van der Waals surface area contributed by atoms with Crippen LogP contribution in [0, 0.1) is 0 Å². The van der Waals surface area contributed by atoms with Gasteiger partial charge in [-0.1, -0.05) is 0 Å². The number of piperazine rings is 1. The number of hydrogen-bond donors (Lipinski definition) is 1. The lowest BCUT2D eigenvalue weighted by atomic mass is 10.0. The van der Waals surface area contributed by atoms with Gasteiger partial charge in [0.25, 0.3) is 5.91 Å². The number of carbonyl (C=O) groups is 4. The van der Waals surface area contributed by atoms with Crippen LogP contribution in [0.15, 0.2) is 12.1 Å². The Bertz CT molecular complexity index is 1150. The summed E-state index contributed by atoms with van der Waals surface area (Å²) >= 11 is 0. The van der Waals surface area contributed by atoms with Crippen LogP contribution < -0.4 is 15.4 Å². The zero-order valence-electron chi connectivity index (χ0n) is 23.7. The van der Waals surface area contributed by atoms with E-state index in [0.29, 0.717) is 44.1 Å². The minimum atomic E-state index is -0.620. The van der Waals surface area contributed by atoms with Crippen LogP contribution in [0.5, 0.6) is 5.75 Å². The zero-order chi connectivity index (χ0) is 28.7. The van der Waals surface area contributed by atoms with E-state index in [2.05, 4.69) is 4.90 Å². The van der Waals surface area contributed by atoms with Crippen molar-refractivity contribution in [1.29, 1.82) is 0 Å². The number of nitrogens with zero attached hydrogens (tertiary/aromatic N) is 3. The van der Waals surface area contributed by atoms with Gasteiger partial charge in [0.15, 0.2) is 0 Å². The summed E-state index contributed by atoms with van der Waals surface area (Å²) in [4.78, 5) is 55.7. The number of ether oxygens (including phenoxy) is 3. The van der Waals surface area contributed by atoms with Crippen LogP contribution in [0.25, 0.3) is 0 Å². The number of rotatable bonds is 6. The third-order valence-electron chi connectivity index (χ3n) is 6.87. The van der Waals surface area contributed by atoms with E-state index in [1.165, 1.54) is 0 Å². The molecule has 11 heteroatoms. The highest BCUT2D eigenvalue weighted by atomic mass is 16.6. The largest absolute Gasteiger partial charge is 0.489 e. The second kappa shape index (κ2) is 10.6. The summed E-state index contributed by atoms with van der Waals surface area (Å²) in [5.41, 5.74) is 6.54. The van der Waals surface area contributed by atoms with E-state index in [1.807, 2.05) is 26.8 Å². The molecule has 2 N–H and O–H groups in total. The predicted molar refractivity (Wildman–Crippen MR) is 143 cm³/mol. The average molecular weight is 545 g/mol. The van der Waals surface area contributed by atoms with Crippen molar-refractivity contribution in [3.8, 4) is 5.75 Å². The molecular formula is C28H40N4O7. The second-order valence-corrected chi connectivity index (χ2v) is 12.4. The standard InChI is InChI=1S/C28H40N4O7/c1-27(2,3)38-24(34)8-7-18(12-23(29)33)32-14-17-11-21-22(13-20(17)25(32)35)37-16-19-15-30(9-10-31(19)21)26(36)39-28(4,5)6/h11,13,18-19H,7-10,12,14-16H2,1-6H3,(H2,29,33)/t18-,19-/m0/s1. The van der Waals surface area contributed by atoms with Gasteiger partial charge < -0.3 is 34.6 Å². The summed E-state index contributed by atoms with van der Waals surface area (Å²) in [6.07, 6.45) is -0.0517. The number of fused-ring (bicyclic) bond motifs is 4. The maximum absolute atomic E-state index is 13.4. The van der Waals surface area contributed by atoms with Gasteiger partial charge in [0, 0.05) is 50.6 Å². The third kappa shape index (κ3) is 6.75. The van der Waals surface area contributed by atoms with Crippen LogP contribution in [0.3, 0.4) is 0 Å². The molecule has 39 heavy (non-hydrogen) atoms. The highest BCUT2D eigenvalue weighted by molar-refractivity contribution is 6.00. The fourth-order valence-corrected chi connectivity index (χ4v) is 5.26. The van der Waals surface area contributed by atoms with Crippen LogP contribution in [-0.2, 0) is 25.6 Å². The van der Waals surface area contributed by atoms with Gasteiger partial charge in [-0.05, 0) is 65.7 Å². The number of hydrogen-bond acceptors (Lipinski definition) is 8. The van der Waals surface area contributed by atoms with Crippen molar-refractivity contribution < 1.29 is 33.4 Å². The second-order valence-electron chi connectivity index (χ2n) is 12.4. The first-order valence-corrected chi connectivity index (χ1v) is 13.5. The molecule has 214 valence electrons. The van der Waals surface area contributed by atoms with Gasteiger partial charge in [0.2, 0.25) is 5.91 Å². The molecule has 0 saturated carbocycles. The van der Waals surface area contributed by atoms with Crippen molar-refractivity contribution in [2.45, 2.75) is 90.6 Å². The highest BCUT2D eigenvalue weighted by Gasteiger charge is 2.40. The molecule has 3 amide bonds. The lowest BCUT2D eigenvalue weighted by Crippen LogP contribution is -2.59. The van der Waals surface area contributed by atoms with Gasteiger partial charge in [-0.15, -0.1) is 0 Å². The van der Waals surface area contributed by atoms with Crippen molar-refractivity contribution in [1.82, 2.24) is 9.80 Å². The summed E-state index contributed by atoms with van der Waals surface area (Å²) in [5.74, 6) is -0.530. The first-order valence-electron chi connectivity index (χ1n) is 13.5. The van der Waals surface area contributed by atoms with E-state index in [4.69, 9.17) is 19.9 Å². The molecule has 3 aliphatic heterocycles. The molecule has 4 rings (SSSR count). The van der Waals surface area contributed by atoms with Gasteiger partial charge >= 0.3 is 12.1 Å². The van der Waals surface area contributed by atoms with E-state index in [1.54, 1.807) is 36.6 Å². The summed E-state index contributed by atoms with van der Waals surface area (Å²) in [5, 5.41) is 0. The van der Waals surface area contributed by atoms with E-state index in [-0.39, 0.29) is 43.3 Å². The third-order valence-corrected chi connectivity index (χ3v) is 6.87. The average Bonchev–Trinajstić information content (AvgIpc) is 3.13. The molecule has 0 bridgehead atoms. The van der Waals surface area contributed by atoms with Gasteiger partial charge in [0.05, 0.1) is 11.7 Å². The molecule has 1 saturated heterocycles. The number of amides is 3. The highest BCUT2D eigenvalue weighted by Crippen LogP contribution is 2.41. The summed E-state index contributed by atoms with van der Waals surface area (Å²) in [6.45, 7) is 13.2. The predicted octanol–water partition coefficient (Wildman–Crippen LogP) is 2.83. The Morgan fingerprint density at radius 2 is 1.77 bits per heavy atom. The van der Waals surface area contributed by atoms with Crippen molar-refractivity contribution in [3.63, 3.8) is 0 Å². The van der Waals surface area contributed by atoms with Crippen LogP contribution in [0.2, 0.25) is 0 Å². The van der Waals surface area contributed by atoms with Gasteiger partial charge in [-0.3, -0.25) is 14.4 Å². The van der Waals surface area contributed by atoms with E-state index >= 15 is 0 Å². The molecule has 0 unspecified atom stereocenters. The topological polar surface area (TPSA) is 132 Å². The van der Waals surface area contributed by atoms with Gasteiger partial charge in [-0.2, -0.15) is 0 Å². The lowest BCUT2D eigenvalue weighted by Gasteiger charge is -2.45. The van der Waals surface area contributed by atoms with E-state index < -0.39 is 23.2 Å². The monoisotopic (exact) mass is 544 g/mol. The first-order chi connectivity index (χ1) is 18.1. The minimum Gasteiger partial charge on any atom is -0.489 e. The molecule has 0 aromatic heterocycles. The fraction of sp³-hybridized carbons (Fsp3) is 0.643. The van der Waals surface area contributed by atoms with Crippen molar-refractivity contribution >= 4 is 29.6 Å². The SMILES string of the molecule is CC(C)(C)OC(=O)CC[C@@H](CC(N)=O)N1Cc2cc3c(cc2C1=O)OC[C@@H]1CN(C(=O)OC(C)(C)C)CCN31. The maximum Gasteiger partial charge on any atom is 0.410 e. The van der Waals surface area contributed by atoms with Crippen molar-refractivity contribution in [2.24, 2.45) is 5.73 Å². The molecule has 1 aromatic rings. The normalized spacial score (nSPS) is 19.5. The minimum absolute atomic E-state index is 0.0403. The van der Waals surface area contributed by atoms with Crippen LogP contribution in [0.1, 0.15) is 76.7 Å². The molecule has 0 radical (unpaired) electrons. The summed E-state index contributed by atoms with van der Waals surface area (Å²) in [7, 11) is 0. The zero-order valence-corrected chi connectivity index (χ0v) is 23.7. The van der Waals surface area contributed by atoms with Crippen LogP contribution in [0.4, 0.5) is 10.5 Å². The van der Waals surface area contributed by atoms with Crippen LogP contribution >= 0.6 is 0 Å².